The Morgan fingerprint density at radius 1 is 1.40 bits per heavy atom. The summed E-state index contributed by atoms with van der Waals surface area (Å²) in [6.45, 7) is 0.675. The average molecular weight is 265 g/mol. The predicted molar refractivity (Wildman–Crippen MR) is 72.5 cm³/mol. The number of ether oxygens (including phenoxy) is 1. The largest absolute Gasteiger partial charge is 0.493 e. The Hall–Kier alpha value is -2.87. The van der Waals surface area contributed by atoms with E-state index in [9.17, 15) is 4.79 Å². The molecule has 1 aliphatic heterocycles. The molecule has 0 atom stereocenters. The number of amides is 1. The number of carbonyl (C=O) groups is 1. The SMILES string of the molecule is N#Cc1ccncc1C(=O)Nc1ccc2c(c1)CCO2. The summed E-state index contributed by atoms with van der Waals surface area (Å²) in [6, 6.07) is 9.02. The summed E-state index contributed by atoms with van der Waals surface area (Å²) in [6.07, 6.45) is 3.72. The van der Waals surface area contributed by atoms with Crippen LogP contribution in [0.1, 0.15) is 21.5 Å². The summed E-state index contributed by atoms with van der Waals surface area (Å²) >= 11 is 0. The number of fused-ring (bicyclic) bond motifs is 1. The second kappa shape index (κ2) is 5.02. The van der Waals surface area contributed by atoms with Crippen molar-refractivity contribution in [3.05, 3.63) is 53.3 Å². The molecule has 1 aromatic carbocycles. The van der Waals surface area contributed by atoms with Gasteiger partial charge in [-0.2, -0.15) is 5.26 Å². The van der Waals surface area contributed by atoms with E-state index in [1.807, 2.05) is 18.2 Å². The molecule has 0 fully saturated rings. The van der Waals surface area contributed by atoms with Gasteiger partial charge in [0.15, 0.2) is 0 Å². The van der Waals surface area contributed by atoms with Gasteiger partial charge in [0.2, 0.25) is 0 Å². The van der Waals surface area contributed by atoms with E-state index in [4.69, 9.17) is 10.00 Å². The molecule has 2 heterocycles. The van der Waals surface area contributed by atoms with Crippen LogP contribution < -0.4 is 10.1 Å². The first kappa shape index (κ1) is 12.2. The van der Waals surface area contributed by atoms with Crippen LogP contribution in [0.4, 0.5) is 5.69 Å². The highest BCUT2D eigenvalue weighted by Crippen LogP contribution is 2.28. The number of anilines is 1. The zero-order valence-corrected chi connectivity index (χ0v) is 10.6. The van der Waals surface area contributed by atoms with Crippen molar-refractivity contribution in [3.8, 4) is 11.8 Å². The molecule has 5 nitrogen and oxygen atoms in total. The molecule has 0 unspecified atom stereocenters. The molecule has 1 amide bonds. The summed E-state index contributed by atoms with van der Waals surface area (Å²) in [5, 5.41) is 11.8. The Labute approximate surface area is 115 Å². The molecule has 0 spiro atoms. The van der Waals surface area contributed by atoms with Crippen molar-refractivity contribution < 1.29 is 9.53 Å². The first-order chi connectivity index (χ1) is 9.78. The number of nitrogens with one attached hydrogen (secondary N) is 1. The van der Waals surface area contributed by atoms with Gasteiger partial charge in [-0.15, -0.1) is 0 Å². The Bertz CT molecular complexity index is 719. The number of rotatable bonds is 2. The second-order valence-electron chi connectivity index (χ2n) is 4.41. The average Bonchev–Trinajstić information content (AvgIpc) is 2.94. The van der Waals surface area contributed by atoms with Crippen molar-refractivity contribution in [2.24, 2.45) is 0 Å². The number of pyridine rings is 1. The van der Waals surface area contributed by atoms with E-state index in [1.54, 1.807) is 6.07 Å². The lowest BCUT2D eigenvalue weighted by Crippen LogP contribution is -2.14. The molecule has 0 radical (unpaired) electrons. The molecule has 0 bridgehead atoms. The molecule has 20 heavy (non-hydrogen) atoms. The van der Waals surface area contributed by atoms with E-state index in [0.29, 0.717) is 17.9 Å². The Balaban J connectivity index is 1.84. The molecule has 1 aromatic heterocycles. The summed E-state index contributed by atoms with van der Waals surface area (Å²) < 4.78 is 5.41. The van der Waals surface area contributed by atoms with Gasteiger partial charge in [-0.3, -0.25) is 9.78 Å². The minimum Gasteiger partial charge on any atom is -0.493 e. The van der Waals surface area contributed by atoms with Crippen LogP contribution in [0.25, 0.3) is 0 Å². The maximum absolute atomic E-state index is 12.2. The van der Waals surface area contributed by atoms with Gasteiger partial charge in [-0.1, -0.05) is 0 Å². The highest BCUT2D eigenvalue weighted by molar-refractivity contribution is 6.05. The van der Waals surface area contributed by atoms with E-state index in [0.717, 1.165) is 17.7 Å². The van der Waals surface area contributed by atoms with Gasteiger partial charge in [0, 0.05) is 24.5 Å². The van der Waals surface area contributed by atoms with Crippen molar-refractivity contribution in [2.45, 2.75) is 6.42 Å². The minimum atomic E-state index is -0.339. The number of hydrogen-bond donors (Lipinski definition) is 1. The van der Waals surface area contributed by atoms with Crippen molar-refractivity contribution in [2.75, 3.05) is 11.9 Å². The first-order valence-corrected chi connectivity index (χ1v) is 6.19. The molecular formula is C15H11N3O2. The van der Waals surface area contributed by atoms with Crippen LogP contribution in [0.5, 0.6) is 5.75 Å². The summed E-state index contributed by atoms with van der Waals surface area (Å²) in [4.78, 5) is 16.0. The van der Waals surface area contributed by atoms with Crippen molar-refractivity contribution in [1.82, 2.24) is 4.98 Å². The molecule has 2 aromatic rings. The van der Waals surface area contributed by atoms with Gasteiger partial charge in [0.1, 0.15) is 11.8 Å². The van der Waals surface area contributed by atoms with Crippen LogP contribution in [0.2, 0.25) is 0 Å². The van der Waals surface area contributed by atoms with Crippen LogP contribution in [-0.2, 0) is 6.42 Å². The highest BCUT2D eigenvalue weighted by Gasteiger charge is 2.15. The van der Waals surface area contributed by atoms with Crippen molar-refractivity contribution in [1.29, 1.82) is 5.26 Å². The molecule has 5 heteroatoms. The van der Waals surface area contributed by atoms with Crippen LogP contribution >= 0.6 is 0 Å². The first-order valence-electron chi connectivity index (χ1n) is 6.19. The quantitative estimate of drug-likeness (QED) is 0.902. The molecular weight excluding hydrogens is 254 g/mol. The second-order valence-corrected chi connectivity index (χ2v) is 4.41. The summed E-state index contributed by atoms with van der Waals surface area (Å²) in [7, 11) is 0. The highest BCUT2D eigenvalue weighted by atomic mass is 16.5. The van der Waals surface area contributed by atoms with Crippen LogP contribution in [0, 0.1) is 11.3 Å². The number of benzene rings is 1. The smallest absolute Gasteiger partial charge is 0.258 e. The number of hydrogen-bond acceptors (Lipinski definition) is 4. The fourth-order valence-electron chi connectivity index (χ4n) is 2.14. The molecule has 0 aliphatic carbocycles. The molecule has 0 saturated carbocycles. The maximum atomic E-state index is 12.2. The molecule has 98 valence electrons. The Kier molecular flexibility index (Phi) is 3.05. The lowest BCUT2D eigenvalue weighted by molar-refractivity contribution is 0.102. The number of aromatic nitrogens is 1. The summed E-state index contributed by atoms with van der Waals surface area (Å²) in [5.41, 5.74) is 2.34. The zero-order valence-electron chi connectivity index (χ0n) is 10.6. The number of nitrogens with zero attached hydrogens (tertiary/aromatic N) is 2. The van der Waals surface area contributed by atoms with Gasteiger partial charge in [0.25, 0.3) is 5.91 Å². The van der Waals surface area contributed by atoms with Gasteiger partial charge in [-0.05, 0) is 29.8 Å². The lowest BCUT2D eigenvalue weighted by atomic mass is 10.1. The topological polar surface area (TPSA) is 75.0 Å². The minimum absolute atomic E-state index is 0.270. The van der Waals surface area contributed by atoms with E-state index >= 15 is 0 Å². The van der Waals surface area contributed by atoms with E-state index in [-0.39, 0.29) is 11.5 Å². The fraction of sp³-hybridized carbons (Fsp3) is 0.133. The van der Waals surface area contributed by atoms with Crippen LogP contribution in [0.15, 0.2) is 36.7 Å². The predicted octanol–water partition coefficient (Wildman–Crippen LogP) is 2.14. The maximum Gasteiger partial charge on any atom is 0.258 e. The third-order valence-electron chi connectivity index (χ3n) is 3.13. The Morgan fingerprint density at radius 2 is 2.30 bits per heavy atom. The van der Waals surface area contributed by atoms with Crippen LogP contribution in [-0.4, -0.2) is 17.5 Å². The standard InChI is InChI=1S/C15H11N3O2/c16-8-11-3-5-17-9-13(11)15(19)18-12-1-2-14-10(7-12)4-6-20-14/h1-3,5,7,9H,4,6H2,(H,18,19). The van der Waals surface area contributed by atoms with Crippen LogP contribution in [0.3, 0.4) is 0 Å². The third-order valence-corrected chi connectivity index (χ3v) is 3.13. The monoisotopic (exact) mass is 265 g/mol. The van der Waals surface area contributed by atoms with E-state index in [2.05, 4.69) is 10.3 Å². The molecule has 0 saturated heterocycles. The van der Waals surface area contributed by atoms with E-state index < -0.39 is 0 Å². The third kappa shape index (κ3) is 2.19. The zero-order chi connectivity index (χ0) is 13.9. The molecule has 1 N–H and O–H groups in total. The van der Waals surface area contributed by atoms with Crippen molar-refractivity contribution in [3.63, 3.8) is 0 Å². The summed E-state index contributed by atoms with van der Waals surface area (Å²) in [5.74, 6) is 0.524. The van der Waals surface area contributed by atoms with Gasteiger partial charge < -0.3 is 10.1 Å². The van der Waals surface area contributed by atoms with E-state index in [1.165, 1.54) is 18.5 Å². The van der Waals surface area contributed by atoms with Gasteiger partial charge >= 0.3 is 0 Å². The van der Waals surface area contributed by atoms with Gasteiger partial charge in [0.05, 0.1) is 17.7 Å². The normalized spacial score (nSPS) is 12.2. The molecule has 1 aliphatic rings. The lowest BCUT2D eigenvalue weighted by Gasteiger charge is -2.07. The number of nitriles is 1. The van der Waals surface area contributed by atoms with Crippen molar-refractivity contribution >= 4 is 11.6 Å². The van der Waals surface area contributed by atoms with Gasteiger partial charge in [-0.25, -0.2) is 0 Å². The fourth-order valence-corrected chi connectivity index (χ4v) is 2.14. The Morgan fingerprint density at radius 3 is 3.15 bits per heavy atom. The number of carbonyl (C=O) groups excluding carboxylic acids is 1. The molecule has 3 rings (SSSR count).